The SMILES string of the molecule is CCCOc1ccccc1-n1nnc(C=O)c1-c1ccncc1. The number of rotatable bonds is 6. The molecule has 0 saturated carbocycles. The quantitative estimate of drug-likeness (QED) is 0.655. The van der Waals surface area contributed by atoms with E-state index in [4.69, 9.17) is 4.74 Å². The Kier molecular flexibility index (Phi) is 4.42. The van der Waals surface area contributed by atoms with Gasteiger partial charge in [-0.3, -0.25) is 9.78 Å². The smallest absolute Gasteiger partial charge is 0.172 e. The van der Waals surface area contributed by atoms with E-state index in [-0.39, 0.29) is 5.69 Å². The lowest BCUT2D eigenvalue weighted by molar-refractivity contribution is 0.111. The maximum Gasteiger partial charge on any atom is 0.172 e. The molecule has 0 atom stereocenters. The number of ether oxygens (including phenoxy) is 1. The van der Waals surface area contributed by atoms with Crippen molar-refractivity contribution >= 4 is 6.29 Å². The number of aldehydes is 1. The molecular weight excluding hydrogens is 292 g/mol. The summed E-state index contributed by atoms with van der Waals surface area (Å²) in [4.78, 5) is 15.3. The topological polar surface area (TPSA) is 69.9 Å². The van der Waals surface area contributed by atoms with E-state index in [2.05, 4.69) is 15.3 Å². The molecule has 6 nitrogen and oxygen atoms in total. The average molecular weight is 308 g/mol. The van der Waals surface area contributed by atoms with E-state index in [1.54, 1.807) is 17.1 Å². The maximum atomic E-state index is 11.3. The van der Waals surface area contributed by atoms with Gasteiger partial charge in [0.15, 0.2) is 12.0 Å². The number of nitrogens with zero attached hydrogens (tertiary/aromatic N) is 4. The zero-order valence-corrected chi connectivity index (χ0v) is 12.7. The molecule has 0 saturated heterocycles. The minimum Gasteiger partial charge on any atom is -0.491 e. The van der Waals surface area contributed by atoms with Crippen molar-refractivity contribution in [2.24, 2.45) is 0 Å². The zero-order chi connectivity index (χ0) is 16.1. The van der Waals surface area contributed by atoms with Crippen LogP contribution in [0.3, 0.4) is 0 Å². The van der Waals surface area contributed by atoms with E-state index in [9.17, 15) is 4.79 Å². The lowest BCUT2D eigenvalue weighted by Crippen LogP contribution is -2.05. The molecule has 1 aromatic carbocycles. The molecule has 0 aliphatic heterocycles. The number of hydrogen-bond acceptors (Lipinski definition) is 5. The predicted octanol–water partition coefficient (Wildman–Crippen LogP) is 2.93. The molecule has 0 bridgehead atoms. The van der Waals surface area contributed by atoms with Crippen LogP contribution in [0, 0.1) is 0 Å². The van der Waals surface area contributed by atoms with Crippen LogP contribution in [0.1, 0.15) is 23.8 Å². The van der Waals surface area contributed by atoms with E-state index >= 15 is 0 Å². The Balaban J connectivity index is 2.15. The highest BCUT2D eigenvalue weighted by atomic mass is 16.5. The van der Waals surface area contributed by atoms with Crippen molar-refractivity contribution < 1.29 is 9.53 Å². The van der Waals surface area contributed by atoms with Crippen LogP contribution in [-0.2, 0) is 0 Å². The molecule has 3 aromatic rings. The van der Waals surface area contributed by atoms with Crippen LogP contribution in [0.25, 0.3) is 16.9 Å². The summed E-state index contributed by atoms with van der Waals surface area (Å²) in [5, 5.41) is 8.12. The first kappa shape index (κ1) is 14.9. The minimum atomic E-state index is 0.279. The summed E-state index contributed by atoms with van der Waals surface area (Å²) in [6.07, 6.45) is 4.94. The highest BCUT2D eigenvalue weighted by molar-refractivity contribution is 5.84. The van der Waals surface area contributed by atoms with Gasteiger partial charge in [-0.25, -0.2) is 4.68 Å². The molecule has 0 aliphatic rings. The molecule has 0 radical (unpaired) electrons. The van der Waals surface area contributed by atoms with Crippen molar-refractivity contribution in [1.82, 2.24) is 20.0 Å². The van der Waals surface area contributed by atoms with Crippen molar-refractivity contribution in [3.8, 4) is 22.7 Å². The fraction of sp³-hybridized carbons (Fsp3) is 0.176. The minimum absolute atomic E-state index is 0.279. The van der Waals surface area contributed by atoms with Gasteiger partial charge in [0.2, 0.25) is 0 Å². The Morgan fingerprint density at radius 2 is 1.96 bits per heavy atom. The molecule has 116 valence electrons. The maximum absolute atomic E-state index is 11.3. The van der Waals surface area contributed by atoms with E-state index in [0.717, 1.165) is 17.7 Å². The van der Waals surface area contributed by atoms with Crippen molar-refractivity contribution in [1.29, 1.82) is 0 Å². The van der Waals surface area contributed by atoms with Crippen LogP contribution in [0.5, 0.6) is 5.75 Å². The van der Waals surface area contributed by atoms with Crippen LogP contribution >= 0.6 is 0 Å². The molecule has 2 heterocycles. The summed E-state index contributed by atoms with van der Waals surface area (Å²) in [6, 6.07) is 11.2. The molecule has 2 aromatic heterocycles. The van der Waals surface area contributed by atoms with Crippen LogP contribution in [0.2, 0.25) is 0 Å². The van der Waals surface area contributed by atoms with E-state index in [0.29, 0.717) is 24.3 Å². The third kappa shape index (κ3) is 2.96. The van der Waals surface area contributed by atoms with Gasteiger partial charge >= 0.3 is 0 Å². The van der Waals surface area contributed by atoms with Gasteiger partial charge in [-0.1, -0.05) is 24.3 Å². The average Bonchev–Trinajstić information content (AvgIpc) is 3.04. The van der Waals surface area contributed by atoms with Crippen molar-refractivity contribution in [3.63, 3.8) is 0 Å². The van der Waals surface area contributed by atoms with E-state index in [1.807, 2.05) is 43.3 Å². The molecule has 3 rings (SSSR count). The van der Waals surface area contributed by atoms with Gasteiger partial charge in [0, 0.05) is 18.0 Å². The normalized spacial score (nSPS) is 10.5. The summed E-state index contributed by atoms with van der Waals surface area (Å²) in [5.41, 5.74) is 2.46. The monoisotopic (exact) mass is 308 g/mol. The number of carbonyl (C=O) groups excluding carboxylic acids is 1. The van der Waals surface area contributed by atoms with Gasteiger partial charge in [0.25, 0.3) is 0 Å². The van der Waals surface area contributed by atoms with Gasteiger partial charge in [-0.05, 0) is 30.7 Å². The summed E-state index contributed by atoms with van der Waals surface area (Å²) < 4.78 is 7.41. The summed E-state index contributed by atoms with van der Waals surface area (Å²) in [6.45, 7) is 2.65. The Labute approximate surface area is 133 Å². The number of para-hydroxylation sites is 2. The fourth-order valence-electron chi connectivity index (χ4n) is 2.29. The second-order valence-electron chi connectivity index (χ2n) is 4.91. The molecule has 0 unspecified atom stereocenters. The molecule has 23 heavy (non-hydrogen) atoms. The van der Waals surface area contributed by atoms with Crippen LogP contribution in [0.4, 0.5) is 0 Å². The second kappa shape index (κ2) is 6.83. The van der Waals surface area contributed by atoms with Crippen molar-refractivity contribution in [2.75, 3.05) is 6.61 Å². The standard InChI is InChI=1S/C17H16N4O2/c1-2-11-23-16-6-4-3-5-15(16)21-17(14(12-22)19-20-21)13-7-9-18-10-8-13/h3-10,12H,2,11H2,1H3. The number of benzene rings is 1. The number of carbonyl (C=O) groups is 1. The highest BCUT2D eigenvalue weighted by Gasteiger charge is 2.18. The first-order valence-corrected chi connectivity index (χ1v) is 7.38. The molecule has 0 fully saturated rings. The van der Waals surface area contributed by atoms with E-state index < -0.39 is 0 Å². The third-order valence-corrected chi connectivity index (χ3v) is 3.32. The van der Waals surface area contributed by atoms with Crippen LogP contribution < -0.4 is 4.74 Å². The predicted molar refractivity (Wildman–Crippen MR) is 85.8 cm³/mol. The van der Waals surface area contributed by atoms with Gasteiger partial charge in [-0.15, -0.1) is 5.10 Å². The molecule has 0 N–H and O–H groups in total. The van der Waals surface area contributed by atoms with Gasteiger partial charge in [-0.2, -0.15) is 0 Å². The molecule has 0 spiro atoms. The summed E-state index contributed by atoms with van der Waals surface area (Å²) >= 11 is 0. The molecule has 0 aliphatic carbocycles. The highest BCUT2D eigenvalue weighted by Crippen LogP contribution is 2.29. The molecule has 0 amide bonds. The fourth-order valence-corrected chi connectivity index (χ4v) is 2.29. The van der Waals surface area contributed by atoms with Gasteiger partial charge < -0.3 is 4.74 Å². The lowest BCUT2D eigenvalue weighted by Gasteiger charge is -2.12. The summed E-state index contributed by atoms with van der Waals surface area (Å²) in [5.74, 6) is 0.701. The Morgan fingerprint density at radius 1 is 1.17 bits per heavy atom. The first-order chi connectivity index (χ1) is 11.3. The van der Waals surface area contributed by atoms with Crippen LogP contribution in [0.15, 0.2) is 48.8 Å². The molecule has 6 heteroatoms. The third-order valence-electron chi connectivity index (χ3n) is 3.32. The Morgan fingerprint density at radius 3 is 2.70 bits per heavy atom. The lowest BCUT2D eigenvalue weighted by atomic mass is 10.1. The molecular formula is C17H16N4O2. The van der Waals surface area contributed by atoms with E-state index in [1.165, 1.54) is 0 Å². The van der Waals surface area contributed by atoms with Gasteiger partial charge in [0.1, 0.15) is 17.1 Å². The number of aromatic nitrogens is 4. The number of pyridine rings is 1. The Bertz CT molecular complexity index is 799. The summed E-state index contributed by atoms with van der Waals surface area (Å²) in [7, 11) is 0. The first-order valence-electron chi connectivity index (χ1n) is 7.38. The van der Waals surface area contributed by atoms with Crippen LogP contribution in [-0.4, -0.2) is 32.9 Å². The second-order valence-corrected chi connectivity index (χ2v) is 4.91. The largest absolute Gasteiger partial charge is 0.491 e. The number of hydrogen-bond donors (Lipinski definition) is 0. The Hall–Kier alpha value is -3.02. The van der Waals surface area contributed by atoms with Gasteiger partial charge in [0.05, 0.1) is 6.61 Å². The zero-order valence-electron chi connectivity index (χ0n) is 12.7. The van der Waals surface area contributed by atoms with Crippen molar-refractivity contribution in [3.05, 3.63) is 54.5 Å². The van der Waals surface area contributed by atoms with Crippen molar-refractivity contribution in [2.45, 2.75) is 13.3 Å².